The quantitative estimate of drug-likeness (QED) is 0.590. The maximum atomic E-state index is 10.9. The van der Waals surface area contributed by atoms with Gasteiger partial charge in [-0.15, -0.1) is 4.91 Å². The first kappa shape index (κ1) is 11.9. The number of nitrogens with zero attached hydrogens (tertiary/aromatic N) is 2. The van der Waals surface area contributed by atoms with Crippen molar-refractivity contribution in [3.05, 3.63) is 63.5 Å². The van der Waals surface area contributed by atoms with Crippen molar-refractivity contribution in [2.75, 3.05) is 5.01 Å². The molecule has 2 aromatic rings. The van der Waals surface area contributed by atoms with Gasteiger partial charge in [0.15, 0.2) is 0 Å². The Morgan fingerprint density at radius 3 is 2.18 bits per heavy atom. The third-order valence-corrected chi connectivity index (χ3v) is 2.81. The molecular formula is C12H8Cl2N2O. The molecule has 0 saturated heterocycles. The van der Waals surface area contributed by atoms with Gasteiger partial charge in [0.1, 0.15) is 0 Å². The number of anilines is 2. The lowest BCUT2D eigenvalue weighted by Crippen LogP contribution is -2.07. The van der Waals surface area contributed by atoms with E-state index in [1.54, 1.807) is 48.5 Å². The van der Waals surface area contributed by atoms with E-state index >= 15 is 0 Å². The molecule has 0 aliphatic carbocycles. The zero-order valence-electron chi connectivity index (χ0n) is 8.68. The second-order valence-corrected chi connectivity index (χ2v) is 4.16. The molecule has 5 heteroatoms. The van der Waals surface area contributed by atoms with Crippen LogP contribution in [-0.2, 0) is 0 Å². The highest BCUT2D eigenvalue weighted by Gasteiger charge is 2.12. The summed E-state index contributed by atoms with van der Waals surface area (Å²) in [4.78, 5) is 10.9. The second-order valence-electron chi connectivity index (χ2n) is 3.32. The van der Waals surface area contributed by atoms with Crippen LogP contribution in [0, 0.1) is 4.91 Å². The number of hydrogen-bond donors (Lipinski definition) is 0. The van der Waals surface area contributed by atoms with E-state index in [1.807, 2.05) is 0 Å². The Balaban J connectivity index is 2.44. The summed E-state index contributed by atoms with van der Waals surface area (Å²) in [5.74, 6) is 0. The molecule has 0 amide bonds. The number of hydrogen-bond acceptors (Lipinski definition) is 2. The summed E-state index contributed by atoms with van der Waals surface area (Å²) in [6.07, 6.45) is 0. The zero-order chi connectivity index (χ0) is 12.3. The topological polar surface area (TPSA) is 32.7 Å². The van der Waals surface area contributed by atoms with Crippen molar-refractivity contribution >= 4 is 34.6 Å². The van der Waals surface area contributed by atoms with Gasteiger partial charge in [0.05, 0.1) is 21.7 Å². The molecule has 0 N–H and O–H groups in total. The highest BCUT2D eigenvalue weighted by molar-refractivity contribution is 6.33. The van der Waals surface area contributed by atoms with E-state index in [2.05, 4.69) is 5.29 Å². The molecule has 0 atom stereocenters. The molecule has 86 valence electrons. The molecule has 2 aromatic carbocycles. The minimum absolute atomic E-state index is 0.460. The molecule has 0 radical (unpaired) electrons. The first-order valence-corrected chi connectivity index (χ1v) is 5.61. The first-order valence-electron chi connectivity index (χ1n) is 4.86. The molecule has 0 spiro atoms. The molecule has 0 bridgehead atoms. The van der Waals surface area contributed by atoms with Crippen LogP contribution in [0.5, 0.6) is 0 Å². The Labute approximate surface area is 109 Å². The van der Waals surface area contributed by atoms with Gasteiger partial charge in [0, 0.05) is 5.02 Å². The lowest BCUT2D eigenvalue weighted by molar-refractivity contribution is 1.07. The fraction of sp³-hybridized carbons (Fsp3) is 0. The van der Waals surface area contributed by atoms with E-state index in [0.29, 0.717) is 21.4 Å². The van der Waals surface area contributed by atoms with E-state index in [9.17, 15) is 4.91 Å². The van der Waals surface area contributed by atoms with Gasteiger partial charge in [-0.1, -0.05) is 35.3 Å². The van der Waals surface area contributed by atoms with Crippen LogP contribution < -0.4 is 5.01 Å². The molecule has 17 heavy (non-hydrogen) atoms. The van der Waals surface area contributed by atoms with E-state index in [0.717, 1.165) is 0 Å². The Kier molecular flexibility index (Phi) is 3.61. The maximum Gasteiger partial charge on any atom is 0.0871 e. The van der Waals surface area contributed by atoms with E-state index < -0.39 is 0 Å². The van der Waals surface area contributed by atoms with Crippen LogP contribution >= 0.6 is 23.2 Å². The average Bonchev–Trinajstić information content (AvgIpc) is 2.35. The molecule has 3 nitrogen and oxygen atoms in total. The largest absolute Gasteiger partial charge is 0.196 e. The van der Waals surface area contributed by atoms with Gasteiger partial charge < -0.3 is 0 Å². The minimum atomic E-state index is 0.460. The zero-order valence-corrected chi connectivity index (χ0v) is 10.2. The van der Waals surface area contributed by atoms with Gasteiger partial charge in [-0.2, -0.15) is 5.01 Å². The molecule has 0 aliphatic heterocycles. The third-order valence-electron chi connectivity index (χ3n) is 2.23. The summed E-state index contributed by atoms with van der Waals surface area (Å²) in [6.45, 7) is 0. The van der Waals surface area contributed by atoms with Gasteiger partial charge in [-0.3, -0.25) is 0 Å². The summed E-state index contributed by atoms with van der Waals surface area (Å²) in [5, 5.41) is 5.25. The minimum Gasteiger partial charge on any atom is -0.196 e. The van der Waals surface area contributed by atoms with Crippen molar-refractivity contribution < 1.29 is 0 Å². The van der Waals surface area contributed by atoms with Crippen LogP contribution in [0.2, 0.25) is 10.0 Å². The Hall–Kier alpha value is -1.58. The van der Waals surface area contributed by atoms with Crippen LogP contribution in [0.3, 0.4) is 0 Å². The SMILES string of the molecule is O=NN(c1ccc(Cl)cc1)c1ccccc1Cl. The van der Waals surface area contributed by atoms with Crippen molar-refractivity contribution in [3.8, 4) is 0 Å². The summed E-state index contributed by atoms with van der Waals surface area (Å²) >= 11 is 11.8. The van der Waals surface area contributed by atoms with Crippen molar-refractivity contribution in [3.63, 3.8) is 0 Å². The Morgan fingerprint density at radius 2 is 1.59 bits per heavy atom. The smallest absolute Gasteiger partial charge is 0.0871 e. The van der Waals surface area contributed by atoms with Crippen molar-refractivity contribution in [2.45, 2.75) is 0 Å². The summed E-state index contributed by atoms with van der Waals surface area (Å²) in [7, 11) is 0. The molecule has 0 unspecified atom stereocenters. The highest BCUT2D eigenvalue weighted by atomic mass is 35.5. The normalized spacial score (nSPS) is 10.0. The maximum absolute atomic E-state index is 10.9. The molecule has 0 fully saturated rings. The molecule has 0 aromatic heterocycles. The number of nitroso groups, excluding NO2 is 1. The third kappa shape index (κ3) is 2.57. The molecule has 0 heterocycles. The Bertz CT molecular complexity index is 528. The van der Waals surface area contributed by atoms with Crippen LogP contribution in [0.15, 0.2) is 53.8 Å². The monoisotopic (exact) mass is 266 g/mol. The van der Waals surface area contributed by atoms with E-state index in [4.69, 9.17) is 23.2 Å². The average molecular weight is 267 g/mol. The van der Waals surface area contributed by atoms with Crippen molar-refractivity contribution in [1.29, 1.82) is 0 Å². The Morgan fingerprint density at radius 1 is 0.941 bits per heavy atom. The van der Waals surface area contributed by atoms with Crippen LogP contribution in [-0.4, -0.2) is 0 Å². The number of benzene rings is 2. The predicted molar refractivity (Wildman–Crippen MR) is 70.8 cm³/mol. The van der Waals surface area contributed by atoms with Crippen LogP contribution in [0.25, 0.3) is 0 Å². The fourth-order valence-electron chi connectivity index (χ4n) is 1.44. The van der Waals surface area contributed by atoms with Gasteiger partial charge in [-0.25, -0.2) is 0 Å². The summed E-state index contributed by atoms with van der Waals surface area (Å²) < 4.78 is 0. The fourth-order valence-corrected chi connectivity index (χ4v) is 1.78. The summed E-state index contributed by atoms with van der Waals surface area (Å²) in [5.41, 5.74) is 1.14. The molecule has 2 rings (SSSR count). The lowest BCUT2D eigenvalue weighted by atomic mass is 10.2. The second kappa shape index (κ2) is 5.17. The first-order chi connectivity index (χ1) is 8.22. The number of halogens is 2. The molecular weight excluding hydrogens is 259 g/mol. The van der Waals surface area contributed by atoms with Crippen LogP contribution in [0.4, 0.5) is 11.4 Å². The van der Waals surface area contributed by atoms with E-state index in [-0.39, 0.29) is 0 Å². The predicted octanol–water partition coefficient (Wildman–Crippen LogP) is 4.81. The van der Waals surface area contributed by atoms with Gasteiger partial charge >= 0.3 is 0 Å². The number of rotatable bonds is 3. The number of para-hydroxylation sites is 1. The van der Waals surface area contributed by atoms with Crippen molar-refractivity contribution in [1.82, 2.24) is 0 Å². The molecule has 0 aliphatic rings. The lowest BCUT2D eigenvalue weighted by Gasteiger charge is -2.16. The molecule has 0 saturated carbocycles. The van der Waals surface area contributed by atoms with Crippen LogP contribution in [0.1, 0.15) is 0 Å². The van der Waals surface area contributed by atoms with Gasteiger partial charge in [0.25, 0.3) is 0 Å². The summed E-state index contributed by atoms with van der Waals surface area (Å²) in [6, 6.07) is 13.8. The van der Waals surface area contributed by atoms with Gasteiger partial charge in [0.2, 0.25) is 0 Å². The van der Waals surface area contributed by atoms with Gasteiger partial charge in [-0.05, 0) is 36.4 Å². The van der Waals surface area contributed by atoms with E-state index in [1.165, 1.54) is 5.01 Å². The van der Waals surface area contributed by atoms with Crippen molar-refractivity contribution in [2.24, 2.45) is 5.29 Å². The standard InChI is InChI=1S/C12H8Cl2N2O/c13-9-5-7-10(8-6-9)16(15-17)12-4-2-1-3-11(12)14/h1-8H. The highest BCUT2D eigenvalue weighted by Crippen LogP contribution is 2.32.